The molecule has 6 heteroatoms. The number of rotatable bonds is 6. The maximum absolute atomic E-state index is 13.4. The highest BCUT2D eigenvalue weighted by Gasteiger charge is 2.30. The van der Waals surface area contributed by atoms with Crippen molar-refractivity contribution in [1.82, 2.24) is 4.98 Å². The first-order chi connectivity index (χ1) is 16.6. The lowest BCUT2D eigenvalue weighted by molar-refractivity contribution is 0.0697. The van der Waals surface area contributed by atoms with Crippen LogP contribution in [0.15, 0.2) is 97.3 Å². The van der Waals surface area contributed by atoms with Crippen LogP contribution in [0.5, 0.6) is 0 Å². The number of aromatic nitrogens is 1. The van der Waals surface area contributed by atoms with Crippen LogP contribution in [-0.4, -0.2) is 28.8 Å². The zero-order valence-electron chi connectivity index (χ0n) is 18.3. The summed E-state index contributed by atoms with van der Waals surface area (Å²) in [5.74, 6) is -1.20. The number of carboxylic acids is 1. The molecule has 0 radical (unpaired) electrons. The van der Waals surface area contributed by atoms with Gasteiger partial charge in [-0.1, -0.05) is 66.7 Å². The molecular weight excluding hydrogens is 428 g/mol. The van der Waals surface area contributed by atoms with E-state index < -0.39 is 12.1 Å². The Morgan fingerprint density at radius 3 is 2.15 bits per heavy atom. The number of nitrogens with zero attached hydrogens (tertiary/aromatic N) is 2. The average molecular weight is 450 g/mol. The molecular formula is C28H22N2O4. The number of aromatic carboxylic acids is 1. The van der Waals surface area contributed by atoms with Gasteiger partial charge >= 0.3 is 12.1 Å². The maximum atomic E-state index is 13.4. The van der Waals surface area contributed by atoms with Crippen molar-refractivity contribution in [3.05, 3.63) is 120 Å². The summed E-state index contributed by atoms with van der Waals surface area (Å²) in [6, 6.07) is 26.3. The highest BCUT2D eigenvalue weighted by Crippen LogP contribution is 2.44. The van der Waals surface area contributed by atoms with Crippen molar-refractivity contribution in [1.29, 1.82) is 0 Å². The number of anilines is 1. The maximum Gasteiger partial charge on any atom is 0.414 e. The Balaban J connectivity index is 1.44. The molecule has 0 atom stereocenters. The van der Waals surface area contributed by atoms with Gasteiger partial charge in [0, 0.05) is 18.3 Å². The summed E-state index contributed by atoms with van der Waals surface area (Å²) in [5.41, 5.74) is 5.57. The second kappa shape index (κ2) is 9.19. The molecule has 0 saturated heterocycles. The highest BCUT2D eigenvalue weighted by atomic mass is 16.6. The molecule has 1 aliphatic carbocycles. The van der Waals surface area contributed by atoms with Crippen LogP contribution in [0.1, 0.15) is 33.0 Å². The molecule has 34 heavy (non-hydrogen) atoms. The summed E-state index contributed by atoms with van der Waals surface area (Å²) in [7, 11) is 0. The third-order valence-corrected chi connectivity index (χ3v) is 6.05. The number of pyridine rings is 1. The Labute approximate surface area is 197 Å². The molecule has 0 spiro atoms. The fourth-order valence-electron chi connectivity index (χ4n) is 4.48. The summed E-state index contributed by atoms with van der Waals surface area (Å²) in [6.45, 7) is 0.278. The molecule has 1 heterocycles. The molecule has 4 aromatic rings. The standard InChI is InChI=1S/C28H22N2O4/c31-27(32)24-13-5-6-14-26(24)30(17-19-8-7-15-29-16-19)28(33)34-18-25-22-11-3-1-9-20(22)21-10-2-4-12-23(21)25/h1-16,25H,17-18H2,(H,31,32). The van der Waals surface area contributed by atoms with Gasteiger partial charge in [-0.25, -0.2) is 9.59 Å². The Hall–Kier alpha value is -4.45. The van der Waals surface area contributed by atoms with Gasteiger partial charge in [-0.3, -0.25) is 9.88 Å². The van der Waals surface area contributed by atoms with Gasteiger partial charge in [-0.2, -0.15) is 0 Å². The normalized spacial score (nSPS) is 12.0. The van der Waals surface area contributed by atoms with Crippen molar-refractivity contribution in [3.8, 4) is 11.1 Å². The van der Waals surface area contributed by atoms with Crippen molar-refractivity contribution in [2.75, 3.05) is 11.5 Å². The molecule has 1 aromatic heterocycles. The highest BCUT2D eigenvalue weighted by molar-refractivity contribution is 5.99. The molecule has 168 valence electrons. The van der Waals surface area contributed by atoms with Gasteiger partial charge in [-0.15, -0.1) is 0 Å². The van der Waals surface area contributed by atoms with E-state index in [1.54, 1.807) is 36.7 Å². The summed E-state index contributed by atoms with van der Waals surface area (Å²) in [6.07, 6.45) is 2.68. The van der Waals surface area contributed by atoms with E-state index in [9.17, 15) is 14.7 Å². The Kier molecular flexibility index (Phi) is 5.79. The van der Waals surface area contributed by atoms with Crippen LogP contribution in [0.25, 0.3) is 11.1 Å². The Morgan fingerprint density at radius 2 is 1.50 bits per heavy atom. The van der Waals surface area contributed by atoms with Crippen molar-refractivity contribution in [2.24, 2.45) is 0 Å². The van der Waals surface area contributed by atoms with E-state index in [0.29, 0.717) is 0 Å². The van der Waals surface area contributed by atoms with Crippen LogP contribution in [0.3, 0.4) is 0 Å². The van der Waals surface area contributed by atoms with Crippen molar-refractivity contribution >= 4 is 17.7 Å². The molecule has 3 aromatic carbocycles. The predicted octanol–water partition coefficient (Wildman–Crippen LogP) is 5.74. The topological polar surface area (TPSA) is 79.7 Å². The van der Waals surface area contributed by atoms with Crippen LogP contribution in [0.2, 0.25) is 0 Å². The molecule has 6 nitrogen and oxygen atoms in total. The molecule has 5 rings (SSSR count). The zero-order valence-corrected chi connectivity index (χ0v) is 18.3. The number of para-hydroxylation sites is 1. The second-order valence-electron chi connectivity index (χ2n) is 8.07. The number of carbonyl (C=O) groups is 2. The fraction of sp³-hybridized carbons (Fsp3) is 0.107. The minimum atomic E-state index is -1.11. The minimum Gasteiger partial charge on any atom is -0.478 e. The van der Waals surface area contributed by atoms with Gasteiger partial charge in [0.1, 0.15) is 6.61 Å². The fourth-order valence-corrected chi connectivity index (χ4v) is 4.48. The number of hydrogen-bond donors (Lipinski definition) is 1. The summed E-state index contributed by atoms with van der Waals surface area (Å²) >= 11 is 0. The molecule has 0 aliphatic heterocycles. The average Bonchev–Trinajstić information content (AvgIpc) is 3.20. The molecule has 0 bridgehead atoms. The molecule has 1 aliphatic rings. The third-order valence-electron chi connectivity index (χ3n) is 6.05. The summed E-state index contributed by atoms with van der Waals surface area (Å²) < 4.78 is 5.84. The molecule has 0 saturated carbocycles. The lowest BCUT2D eigenvalue weighted by Gasteiger charge is -2.25. The number of carboxylic acid groups (broad SMARTS) is 1. The number of ether oxygens (including phenoxy) is 1. The number of amides is 1. The monoisotopic (exact) mass is 450 g/mol. The van der Waals surface area contributed by atoms with Gasteiger partial charge in [0.05, 0.1) is 17.8 Å². The van der Waals surface area contributed by atoms with E-state index in [2.05, 4.69) is 29.2 Å². The van der Waals surface area contributed by atoms with E-state index in [-0.39, 0.29) is 30.3 Å². The van der Waals surface area contributed by atoms with Crippen molar-refractivity contribution < 1.29 is 19.4 Å². The zero-order chi connectivity index (χ0) is 23.5. The van der Waals surface area contributed by atoms with E-state index in [4.69, 9.17) is 4.74 Å². The lowest BCUT2D eigenvalue weighted by atomic mass is 9.98. The van der Waals surface area contributed by atoms with Gasteiger partial charge in [0.25, 0.3) is 0 Å². The lowest BCUT2D eigenvalue weighted by Crippen LogP contribution is -2.33. The second-order valence-corrected chi connectivity index (χ2v) is 8.07. The van der Waals surface area contributed by atoms with E-state index in [1.165, 1.54) is 11.0 Å². The van der Waals surface area contributed by atoms with Crippen molar-refractivity contribution in [2.45, 2.75) is 12.5 Å². The SMILES string of the molecule is O=C(O)c1ccccc1N(Cc1cccnc1)C(=O)OCC1c2ccccc2-c2ccccc21. The van der Waals surface area contributed by atoms with Gasteiger partial charge in [0.2, 0.25) is 0 Å². The Morgan fingerprint density at radius 1 is 0.853 bits per heavy atom. The molecule has 1 N–H and O–H groups in total. The number of carbonyl (C=O) groups excluding carboxylic acids is 1. The predicted molar refractivity (Wildman–Crippen MR) is 129 cm³/mol. The van der Waals surface area contributed by atoms with E-state index in [1.807, 2.05) is 30.3 Å². The van der Waals surface area contributed by atoms with Crippen LogP contribution in [-0.2, 0) is 11.3 Å². The molecule has 1 amide bonds. The largest absolute Gasteiger partial charge is 0.478 e. The van der Waals surface area contributed by atoms with Crippen LogP contribution in [0, 0.1) is 0 Å². The first-order valence-corrected chi connectivity index (χ1v) is 11.0. The van der Waals surface area contributed by atoms with Crippen LogP contribution >= 0.6 is 0 Å². The molecule has 0 fully saturated rings. The number of benzene rings is 3. The van der Waals surface area contributed by atoms with Crippen LogP contribution in [0.4, 0.5) is 10.5 Å². The Bertz CT molecular complexity index is 1310. The van der Waals surface area contributed by atoms with Gasteiger partial charge in [0.15, 0.2) is 0 Å². The van der Waals surface area contributed by atoms with E-state index >= 15 is 0 Å². The number of hydrogen-bond acceptors (Lipinski definition) is 4. The summed E-state index contributed by atoms with van der Waals surface area (Å²) in [4.78, 5) is 30.7. The quantitative estimate of drug-likeness (QED) is 0.405. The van der Waals surface area contributed by atoms with Crippen LogP contribution < -0.4 is 4.90 Å². The minimum absolute atomic E-state index is 0.0277. The first-order valence-electron chi connectivity index (χ1n) is 11.0. The van der Waals surface area contributed by atoms with Gasteiger partial charge < -0.3 is 9.84 Å². The van der Waals surface area contributed by atoms with Crippen molar-refractivity contribution in [3.63, 3.8) is 0 Å². The first kappa shape index (κ1) is 21.4. The third kappa shape index (κ3) is 4.01. The summed E-state index contributed by atoms with van der Waals surface area (Å²) in [5, 5.41) is 9.69. The smallest absolute Gasteiger partial charge is 0.414 e. The van der Waals surface area contributed by atoms with Gasteiger partial charge in [-0.05, 0) is 46.0 Å². The molecule has 0 unspecified atom stereocenters. The number of fused-ring (bicyclic) bond motifs is 3. The van der Waals surface area contributed by atoms with E-state index in [0.717, 1.165) is 27.8 Å².